The Morgan fingerprint density at radius 3 is 2.64 bits per heavy atom. The molecule has 28 heavy (non-hydrogen) atoms. The van der Waals surface area contributed by atoms with Gasteiger partial charge in [0.25, 0.3) is 0 Å². The Labute approximate surface area is 183 Å². The summed E-state index contributed by atoms with van der Waals surface area (Å²) >= 11 is 5.42. The van der Waals surface area contributed by atoms with Crippen LogP contribution >= 0.6 is 38.5 Å². The molecule has 0 unspecified atom stereocenters. The number of carbonyl (C=O) groups excluding carboxylic acids is 2. The van der Waals surface area contributed by atoms with Crippen LogP contribution in [-0.2, 0) is 14.3 Å². The Kier molecular flexibility index (Phi) is 6.50. The average Bonchev–Trinajstić information content (AvgIpc) is 2.99. The number of aliphatic imine (C=N–C) groups is 1. The van der Waals surface area contributed by atoms with E-state index in [-0.39, 0.29) is 11.6 Å². The molecule has 2 aromatic rings. The van der Waals surface area contributed by atoms with Gasteiger partial charge in [-0.2, -0.15) is 0 Å². The lowest BCUT2D eigenvalue weighted by Gasteiger charge is -2.12. The molecular formula is C20H15BrINO5. The van der Waals surface area contributed by atoms with E-state index in [1.807, 2.05) is 53.8 Å². The van der Waals surface area contributed by atoms with Crippen LogP contribution in [0.15, 0.2) is 51.6 Å². The predicted octanol–water partition coefficient (Wildman–Crippen LogP) is 4.72. The maximum absolute atomic E-state index is 12.2. The van der Waals surface area contributed by atoms with Gasteiger partial charge in [-0.3, -0.25) is 4.79 Å². The van der Waals surface area contributed by atoms with Crippen molar-refractivity contribution in [2.24, 2.45) is 4.99 Å². The van der Waals surface area contributed by atoms with Gasteiger partial charge in [0.05, 0.1) is 10.2 Å². The topological polar surface area (TPSA) is 74.2 Å². The number of hydrogen-bond acceptors (Lipinski definition) is 6. The lowest BCUT2D eigenvalue weighted by molar-refractivity contribution is -0.132. The van der Waals surface area contributed by atoms with E-state index in [0.717, 1.165) is 4.47 Å². The Morgan fingerprint density at radius 2 is 2.00 bits per heavy atom. The Bertz CT molecular complexity index is 998. The number of hydrogen-bond donors (Lipinski definition) is 0. The van der Waals surface area contributed by atoms with Gasteiger partial charge in [0.2, 0.25) is 5.90 Å². The number of ether oxygens (including phenoxy) is 3. The molecule has 6 nitrogen and oxygen atoms in total. The molecule has 144 valence electrons. The molecular weight excluding hydrogens is 541 g/mol. The highest BCUT2D eigenvalue weighted by atomic mass is 127. The lowest BCUT2D eigenvalue weighted by atomic mass is 10.1. The smallest absolute Gasteiger partial charge is 0.363 e. The van der Waals surface area contributed by atoms with Crippen molar-refractivity contribution in [2.75, 3.05) is 6.61 Å². The second-order valence-corrected chi connectivity index (χ2v) is 7.78. The zero-order valence-corrected chi connectivity index (χ0v) is 18.7. The molecule has 2 aromatic carbocycles. The van der Waals surface area contributed by atoms with Crippen molar-refractivity contribution in [3.8, 4) is 11.5 Å². The van der Waals surface area contributed by atoms with Crippen molar-refractivity contribution < 1.29 is 23.8 Å². The van der Waals surface area contributed by atoms with E-state index in [4.69, 9.17) is 14.2 Å². The predicted molar refractivity (Wildman–Crippen MR) is 116 cm³/mol. The van der Waals surface area contributed by atoms with E-state index in [2.05, 4.69) is 20.9 Å². The number of esters is 2. The molecule has 0 spiro atoms. The van der Waals surface area contributed by atoms with E-state index < -0.39 is 11.9 Å². The summed E-state index contributed by atoms with van der Waals surface area (Å²) in [5, 5.41) is 0. The average molecular weight is 556 g/mol. The van der Waals surface area contributed by atoms with Crippen LogP contribution in [0.1, 0.15) is 25.0 Å². The lowest BCUT2D eigenvalue weighted by Crippen LogP contribution is -2.06. The Morgan fingerprint density at radius 1 is 1.29 bits per heavy atom. The van der Waals surface area contributed by atoms with Gasteiger partial charge in [0.15, 0.2) is 17.2 Å². The first-order valence-corrected chi connectivity index (χ1v) is 10.2. The molecule has 0 bridgehead atoms. The summed E-state index contributed by atoms with van der Waals surface area (Å²) in [6, 6.07) is 10.8. The monoisotopic (exact) mass is 555 g/mol. The van der Waals surface area contributed by atoms with E-state index in [1.165, 1.54) is 6.92 Å². The highest BCUT2D eigenvalue weighted by molar-refractivity contribution is 14.1. The highest BCUT2D eigenvalue weighted by Gasteiger charge is 2.24. The Hall–Kier alpha value is -2.20. The van der Waals surface area contributed by atoms with Gasteiger partial charge in [-0.15, -0.1) is 0 Å². The van der Waals surface area contributed by atoms with Gasteiger partial charge >= 0.3 is 11.9 Å². The molecule has 1 aliphatic heterocycles. The fourth-order valence-corrected chi connectivity index (χ4v) is 3.46. The van der Waals surface area contributed by atoms with E-state index in [1.54, 1.807) is 18.2 Å². The summed E-state index contributed by atoms with van der Waals surface area (Å²) in [7, 11) is 0. The summed E-state index contributed by atoms with van der Waals surface area (Å²) in [5.41, 5.74) is 1.56. The van der Waals surface area contributed by atoms with Crippen molar-refractivity contribution in [1.29, 1.82) is 0 Å². The van der Waals surface area contributed by atoms with Gasteiger partial charge < -0.3 is 14.2 Å². The van der Waals surface area contributed by atoms with E-state index in [9.17, 15) is 9.59 Å². The quantitative estimate of drug-likeness (QED) is 0.231. The molecule has 0 fully saturated rings. The van der Waals surface area contributed by atoms with Crippen molar-refractivity contribution in [2.45, 2.75) is 13.8 Å². The number of halogens is 2. The minimum absolute atomic E-state index is 0.177. The number of benzene rings is 2. The molecule has 0 atom stereocenters. The van der Waals surface area contributed by atoms with Crippen LogP contribution in [0.4, 0.5) is 0 Å². The third-order valence-electron chi connectivity index (χ3n) is 3.59. The molecule has 0 aromatic heterocycles. The summed E-state index contributed by atoms with van der Waals surface area (Å²) in [6.45, 7) is 3.56. The first kappa shape index (κ1) is 20.5. The molecule has 3 rings (SSSR count). The van der Waals surface area contributed by atoms with Crippen LogP contribution in [-0.4, -0.2) is 24.4 Å². The third kappa shape index (κ3) is 4.79. The molecule has 8 heteroatoms. The second kappa shape index (κ2) is 8.87. The van der Waals surface area contributed by atoms with Crippen LogP contribution < -0.4 is 9.47 Å². The van der Waals surface area contributed by atoms with Crippen LogP contribution in [0.2, 0.25) is 0 Å². The van der Waals surface area contributed by atoms with Gasteiger partial charge in [0, 0.05) is 17.0 Å². The van der Waals surface area contributed by atoms with Crippen LogP contribution in [0.5, 0.6) is 11.5 Å². The normalized spacial score (nSPS) is 14.6. The van der Waals surface area contributed by atoms with Gasteiger partial charge in [-0.05, 0) is 77.6 Å². The first-order valence-electron chi connectivity index (χ1n) is 8.30. The van der Waals surface area contributed by atoms with Crippen LogP contribution in [0, 0.1) is 3.57 Å². The molecule has 0 saturated heterocycles. The van der Waals surface area contributed by atoms with Gasteiger partial charge in [-0.1, -0.05) is 15.9 Å². The standard InChI is InChI=1S/C20H15BrINO5/c1-3-26-17-10-12(8-15(22)18(17)27-11(2)24)9-16-20(25)28-19(23-16)13-4-6-14(21)7-5-13/h4-10H,3H2,1-2H3/b16-9-. The molecule has 0 saturated carbocycles. The Balaban J connectivity index is 1.96. The number of cyclic esters (lactones) is 1. The summed E-state index contributed by atoms with van der Waals surface area (Å²) in [6.07, 6.45) is 1.61. The SMILES string of the molecule is CCOc1cc(/C=C2\N=C(c3ccc(Br)cc3)OC2=O)cc(I)c1OC(C)=O. The largest absolute Gasteiger partial charge is 0.490 e. The minimum Gasteiger partial charge on any atom is -0.490 e. The molecule has 1 heterocycles. The summed E-state index contributed by atoms with van der Waals surface area (Å²) in [5.74, 6) is 0.0492. The molecule has 0 aliphatic carbocycles. The molecule has 0 amide bonds. The molecule has 1 aliphatic rings. The maximum atomic E-state index is 12.2. The highest BCUT2D eigenvalue weighted by Crippen LogP contribution is 2.35. The van der Waals surface area contributed by atoms with Crippen molar-refractivity contribution in [3.05, 3.63) is 61.3 Å². The fourth-order valence-electron chi connectivity index (χ4n) is 2.46. The van der Waals surface area contributed by atoms with Gasteiger partial charge in [-0.25, -0.2) is 9.79 Å². The van der Waals surface area contributed by atoms with E-state index in [0.29, 0.717) is 32.8 Å². The zero-order valence-electron chi connectivity index (χ0n) is 15.0. The van der Waals surface area contributed by atoms with Crippen LogP contribution in [0.3, 0.4) is 0 Å². The number of nitrogens with zero attached hydrogens (tertiary/aromatic N) is 1. The number of carbonyl (C=O) groups is 2. The van der Waals surface area contributed by atoms with Crippen molar-refractivity contribution in [1.82, 2.24) is 0 Å². The molecule has 0 radical (unpaired) electrons. The van der Waals surface area contributed by atoms with Crippen LogP contribution in [0.25, 0.3) is 6.08 Å². The number of rotatable bonds is 5. The van der Waals surface area contributed by atoms with Crippen molar-refractivity contribution in [3.63, 3.8) is 0 Å². The van der Waals surface area contributed by atoms with Crippen molar-refractivity contribution >= 4 is 62.4 Å². The summed E-state index contributed by atoms with van der Waals surface area (Å²) in [4.78, 5) is 27.9. The maximum Gasteiger partial charge on any atom is 0.363 e. The summed E-state index contributed by atoms with van der Waals surface area (Å²) < 4.78 is 17.7. The van der Waals surface area contributed by atoms with Gasteiger partial charge in [0.1, 0.15) is 0 Å². The third-order valence-corrected chi connectivity index (χ3v) is 4.92. The molecule has 0 N–H and O–H groups in total. The fraction of sp³-hybridized carbons (Fsp3) is 0.150. The van der Waals surface area contributed by atoms with E-state index >= 15 is 0 Å². The first-order chi connectivity index (χ1) is 13.4. The zero-order chi connectivity index (χ0) is 20.3. The second-order valence-electron chi connectivity index (χ2n) is 5.70. The minimum atomic E-state index is -0.532.